The maximum absolute atomic E-state index is 9.66. The first-order valence-corrected chi connectivity index (χ1v) is 5.37. The van der Waals surface area contributed by atoms with E-state index in [9.17, 15) is 5.11 Å². The standard InChI is InChI=1S/C12H19NO3/c1-13(7-8-14)9-11(15)10-16-12-5-3-2-4-6-12/h2-6,11,14-15H,7-10H2,1H3/t11-/m0/s1. The molecule has 16 heavy (non-hydrogen) atoms. The van der Waals surface area contributed by atoms with Crippen LogP contribution in [0.2, 0.25) is 0 Å². The molecule has 0 aliphatic heterocycles. The van der Waals surface area contributed by atoms with Gasteiger partial charge in [-0.15, -0.1) is 0 Å². The number of aliphatic hydroxyl groups is 2. The van der Waals surface area contributed by atoms with Gasteiger partial charge >= 0.3 is 0 Å². The number of rotatable bonds is 7. The van der Waals surface area contributed by atoms with Gasteiger partial charge in [0.15, 0.2) is 0 Å². The predicted octanol–water partition coefficient (Wildman–Crippen LogP) is 0.350. The molecular weight excluding hydrogens is 206 g/mol. The molecular formula is C12H19NO3. The molecule has 4 nitrogen and oxygen atoms in total. The molecule has 0 aliphatic carbocycles. The molecule has 0 heterocycles. The van der Waals surface area contributed by atoms with Gasteiger partial charge in [0.25, 0.3) is 0 Å². The molecule has 1 aromatic rings. The monoisotopic (exact) mass is 225 g/mol. The van der Waals surface area contributed by atoms with E-state index in [1.807, 2.05) is 42.3 Å². The minimum Gasteiger partial charge on any atom is -0.491 e. The van der Waals surface area contributed by atoms with Crippen LogP contribution >= 0.6 is 0 Å². The summed E-state index contributed by atoms with van der Waals surface area (Å²) >= 11 is 0. The molecule has 0 aliphatic rings. The van der Waals surface area contributed by atoms with Gasteiger partial charge in [0.2, 0.25) is 0 Å². The molecule has 0 radical (unpaired) electrons. The zero-order valence-corrected chi connectivity index (χ0v) is 9.54. The second-order valence-corrected chi connectivity index (χ2v) is 3.76. The third-order valence-electron chi connectivity index (χ3n) is 2.19. The maximum atomic E-state index is 9.66. The van der Waals surface area contributed by atoms with Crippen LogP contribution in [0.1, 0.15) is 0 Å². The summed E-state index contributed by atoms with van der Waals surface area (Å²) in [5.41, 5.74) is 0. The highest BCUT2D eigenvalue weighted by Crippen LogP contribution is 2.08. The lowest BCUT2D eigenvalue weighted by Gasteiger charge is -2.19. The van der Waals surface area contributed by atoms with Crippen LogP contribution in [0.4, 0.5) is 0 Å². The minimum absolute atomic E-state index is 0.1000. The van der Waals surface area contributed by atoms with Crippen molar-refractivity contribution in [3.8, 4) is 5.75 Å². The number of nitrogens with zero attached hydrogens (tertiary/aromatic N) is 1. The second kappa shape index (κ2) is 7.22. The summed E-state index contributed by atoms with van der Waals surface area (Å²) in [7, 11) is 1.85. The van der Waals surface area contributed by atoms with Gasteiger partial charge in [0.05, 0.1) is 6.61 Å². The molecule has 2 N–H and O–H groups in total. The van der Waals surface area contributed by atoms with E-state index in [0.717, 1.165) is 5.75 Å². The Balaban J connectivity index is 2.22. The molecule has 90 valence electrons. The molecule has 0 saturated carbocycles. The van der Waals surface area contributed by atoms with E-state index < -0.39 is 6.10 Å². The van der Waals surface area contributed by atoms with Crippen molar-refractivity contribution in [3.63, 3.8) is 0 Å². The highest BCUT2D eigenvalue weighted by molar-refractivity contribution is 5.20. The fourth-order valence-corrected chi connectivity index (χ4v) is 1.38. The first-order chi connectivity index (χ1) is 7.72. The molecule has 0 bridgehead atoms. The van der Waals surface area contributed by atoms with Crippen molar-refractivity contribution in [3.05, 3.63) is 30.3 Å². The Morgan fingerprint density at radius 3 is 2.62 bits per heavy atom. The van der Waals surface area contributed by atoms with Crippen molar-refractivity contribution in [2.75, 3.05) is 33.4 Å². The van der Waals surface area contributed by atoms with Crippen molar-refractivity contribution < 1.29 is 14.9 Å². The van der Waals surface area contributed by atoms with E-state index in [-0.39, 0.29) is 13.2 Å². The van der Waals surface area contributed by atoms with Crippen LogP contribution in [-0.2, 0) is 0 Å². The number of aliphatic hydroxyl groups excluding tert-OH is 2. The van der Waals surface area contributed by atoms with Gasteiger partial charge in [-0.3, -0.25) is 0 Å². The Kier molecular flexibility index (Phi) is 5.85. The fourth-order valence-electron chi connectivity index (χ4n) is 1.38. The molecule has 4 heteroatoms. The van der Waals surface area contributed by atoms with Crippen LogP contribution in [0.15, 0.2) is 30.3 Å². The highest BCUT2D eigenvalue weighted by atomic mass is 16.5. The largest absolute Gasteiger partial charge is 0.491 e. The van der Waals surface area contributed by atoms with Crippen molar-refractivity contribution in [2.45, 2.75) is 6.10 Å². The first-order valence-electron chi connectivity index (χ1n) is 5.37. The van der Waals surface area contributed by atoms with Crippen molar-refractivity contribution in [2.24, 2.45) is 0 Å². The number of likely N-dealkylation sites (N-methyl/N-ethyl adjacent to an activating group) is 1. The van der Waals surface area contributed by atoms with Gasteiger partial charge in [0, 0.05) is 13.1 Å². The van der Waals surface area contributed by atoms with E-state index in [4.69, 9.17) is 9.84 Å². The summed E-state index contributed by atoms with van der Waals surface area (Å²) < 4.78 is 5.41. The summed E-state index contributed by atoms with van der Waals surface area (Å²) in [5.74, 6) is 0.756. The molecule has 0 saturated heterocycles. The van der Waals surface area contributed by atoms with Crippen molar-refractivity contribution >= 4 is 0 Å². The Labute approximate surface area is 96.1 Å². The summed E-state index contributed by atoms with van der Waals surface area (Å²) in [4.78, 5) is 1.86. The van der Waals surface area contributed by atoms with Gasteiger partial charge in [-0.2, -0.15) is 0 Å². The van der Waals surface area contributed by atoms with Crippen LogP contribution in [0.25, 0.3) is 0 Å². The molecule has 0 amide bonds. The average molecular weight is 225 g/mol. The van der Waals surface area contributed by atoms with E-state index in [0.29, 0.717) is 13.1 Å². The third-order valence-corrected chi connectivity index (χ3v) is 2.19. The normalized spacial score (nSPS) is 12.8. The SMILES string of the molecule is CN(CCO)C[C@H](O)COc1ccccc1. The Bertz CT molecular complexity index is 279. The average Bonchev–Trinajstić information content (AvgIpc) is 2.28. The quantitative estimate of drug-likeness (QED) is 0.703. The van der Waals surface area contributed by atoms with Gasteiger partial charge < -0.3 is 19.8 Å². The van der Waals surface area contributed by atoms with Gasteiger partial charge in [-0.25, -0.2) is 0 Å². The summed E-state index contributed by atoms with van der Waals surface area (Å²) in [5, 5.41) is 18.4. The fraction of sp³-hybridized carbons (Fsp3) is 0.500. The molecule has 1 rings (SSSR count). The van der Waals surface area contributed by atoms with E-state index in [2.05, 4.69) is 0 Å². The predicted molar refractivity (Wildman–Crippen MR) is 62.5 cm³/mol. The topological polar surface area (TPSA) is 52.9 Å². The zero-order valence-electron chi connectivity index (χ0n) is 9.54. The molecule has 1 aromatic carbocycles. The van der Waals surface area contributed by atoms with Crippen molar-refractivity contribution in [1.82, 2.24) is 4.90 Å². The lowest BCUT2D eigenvalue weighted by atomic mass is 10.3. The maximum Gasteiger partial charge on any atom is 0.119 e. The summed E-state index contributed by atoms with van der Waals surface area (Å²) in [6, 6.07) is 9.39. The number of para-hydroxylation sites is 1. The van der Waals surface area contributed by atoms with E-state index in [1.54, 1.807) is 0 Å². The molecule has 0 unspecified atom stereocenters. The van der Waals surface area contributed by atoms with E-state index in [1.165, 1.54) is 0 Å². The van der Waals surface area contributed by atoms with Gasteiger partial charge in [-0.1, -0.05) is 18.2 Å². The Morgan fingerprint density at radius 1 is 1.31 bits per heavy atom. The second-order valence-electron chi connectivity index (χ2n) is 3.76. The van der Waals surface area contributed by atoms with Crippen LogP contribution in [0.5, 0.6) is 5.75 Å². The minimum atomic E-state index is -0.545. The number of hydrogen-bond acceptors (Lipinski definition) is 4. The molecule has 0 aromatic heterocycles. The molecule has 0 fully saturated rings. The lowest BCUT2D eigenvalue weighted by Crippen LogP contribution is -2.34. The van der Waals surface area contributed by atoms with Crippen LogP contribution < -0.4 is 4.74 Å². The smallest absolute Gasteiger partial charge is 0.119 e. The first kappa shape index (κ1) is 13.0. The van der Waals surface area contributed by atoms with Crippen LogP contribution in [0.3, 0.4) is 0 Å². The third kappa shape index (κ3) is 5.11. The van der Waals surface area contributed by atoms with E-state index >= 15 is 0 Å². The number of ether oxygens (including phenoxy) is 1. The van der Waals surface area contributed by atoms with Crippen LogP contribution in [0, 0.1) is 0 Å². The summed E-state index contributed by atoms with van der Waals surface area (Å²) in [6.45, 7) is 1.42. The number of hydrogen-bond donors (Lipinski definition) is 2. The lowest BCUT2D eigenvalue weighted by molar-refractivity contribution is 0.0711. The van der Waals surface area contributed by atoms with Gasteiger partial charge in [-0.05, 0) is 19.2 Å². The van der Waals surface area contributed by atoms with Gasteiger partial charge in [0.1, 0.15) is 18.5 Å². The number of benzene rings is 1. The summed E-state index contributed by atoms with van der Waals surface area (Å²) in [6.07, 6.45) is -0.545. The Morgan fingerprint density at radius 2 is 2.00 bits per heavy atom. The zero-order chi connectivity index (χ0) is 11.8. The Hall–Kier alpha value is -1.10. The van der Waals surface area contributed by atoms with Crippen LogP contribution in [-0.4, -0.2) is 54.6 Å². The molecule has 0 spiro atoms. The molecule has 1 atom stereocenters. The highest BCUT2D eigenvalue weighted by Gasteiger charge is 2.08. The van der Waals surface area contributed by atoms with Crippen molar-refractivity contribution in [1.29, 1.82) is 0 Å².